The molecular weight excluding hydrogens is 438 g/mol. The predicted octanol–water partition coefficient (Wildman–Crippen LogP) is 3.13. The monoisotopic (exact) mass is 472 g/mol. The molecule has 2 atom stereocenters. The van der Waals surface area contributed by atoms with Gasteiger partial charge in [-0.15, -0.1) is 0 Å². The van der Waals surface area contributed by atoms with Gasteiger partial charge in [0.05, 0.1) is 25.6 Å². The number of anilines is 1. The Bertz CT molecular complexity index is 1000. The van der Waals surface area contributed by atoms with Gasteiger partial charge >= 0.3 is 5.97 Å². The maximum Gasteiger partial charge on any atom is 0.343 e. The Labute approximate surface area is 199 Å². The molecule has 2 N–H and O–H groups in total. The number of nitrogens with one attached hydrogen (secondary N) is 1. The number of aryl methyl sites for hydroxylation is 1. The van der Waals surface area contributed by atoms with Crippen LogP contribution in [0, 0.1) is 18.8 Å². The van der Waals surface area contributed by atoms with E-state index in [-0.39, 0.29) is 23.8 Å². The van der Waals surface area contributed by atoms with Crippen LogP contribution in [0.25, 0.3) is 0 Å². The highest BCUT2D eigenvalue weighted by molar-refractivity contribution is 5.90. The largest absolute Gasteiger partial charge is 0.472 e. The lowest BCUT2D eigenvalue weighted by Crippen LogP contribution is -2.66. The summed E-state index contributed by atoms with van der Waals surface area (Å²) in [6.07, 6.45) is 9.07. The molecule has 2 bridgehead atoms. The minimum atomic E-state index is -1.70. The molecule has 1 saturated carbocycles. The van der Waals surface area contributed by atoms with Crippen LogP contribution in [0.1, 0.15) is 56.3 Å². The highest BCUT2D eigenvalue weighted by atomic mass is 16.6. The lowest BCUT2D eigenvalue weighted by atomic mass is 9.74. The highest BCUT2D eigenvalue weighted by Crippen LogP contribution is 2.42. The number of carbonyl (C=O) groups excluding carboxylic acids is 2. The summed E-state index contributed by atoms with van der Waals surface area (Å²) in [6.45, 7) is 4.39. The zero-order valence-corrected chi connectivity index (χ0v) is 19.7. The lowest BCUT2D eigenvalue weighted by molar-refractivity contribution is -0.939. The number of nitrogens with zero attached hydrogens (tertiary/aromatic N) is 2. The fourth-order valence-corrected chi connectivity index (χ4v) is 6.24. The normalized spacial score (nSPS) is 28.9. The number of aromatic nitrogens is 1. The van der Waals surface area contributed by atoms with Crippen LogP contribution in [-0.4, -0.2) is 58.9 Å². The van der Waals surface area contributed by atoms with Crippen LogP contribution in [0.2, 0.25) is 0 Å². The molecule has 3 aliphatic heterocycles. The van der Waals surface area contributed by atoms with Crippen LogP contribution < -0.4 is 5.32 Å². The van der Waals surface area contributed by atoms with Crippen molar-refractivity contribution in [3.63, 3.8) is 0 Å². The summed E-state index contributed by atoms with van der Waals surface area (Å²) >= 11 is 0. The van der Waals surface area contributed by atoms with Crippen molar-refractivity contribution in [3.8, 4) is 0 Å². The Morgan fingerprint density at radius 1 is 1.24 bits per heavy atom. The Morgan fingerprint density at radius 2 is 2.00 bits per heavy atom. The van der Waals surface area contributed by atoms with E-state index in [0.29, 0.717) is 34.7 Å². The molecule has 34 heavy (non-hydrogen) atoms. The second kappa shape index (κ2) is 9.19. The number of hydrogen-bond donors (Lipinski definition) is 2. The lowest BCUT2D eigenvalue weighted by Gasteiger charge is -2.52. The molecule has 2 aromatic rings. The number of hydrogen-bond acceptors (Lipinski definition) is 7. The van der Waals surface area contributed by atoms with Gasteiger partial charge in [-0.05, 0) is 25.8 Å². The van der Waals surface area contributed by atoms with Crippen molar-refractivity contribution in [2.45, 2.75) is 63.6 Å². The molecule has 0 radical (unpaired) electrons. The topological polar surface area (TPSA) is 115 Å². The van der Waals surface area contributed by atoms with Gasteiger partial charge < -0.3 is 28.6 Å². The van der Waals surface area contributed by atoms with E-state index in [1.165, 1.54) is 12.5 Å². The first-order valence-corrected chi connectivity index (χ1v) is 12.4. The summed E-state index contributed by atoms with van der Waals surface area (Å²) < 4.78 is 16.9. The van der Waals surface area contributed by atoms with E-state index in [0.717, 1.165) is 58.0 Å². The van der Waals surface area contributed by atoms with Gasteiger partial charge in [0, 0.05) is 36.3 Å². The molecule has 3 saturated heterocycles. The van der Waals surface area contributed by atoms with Crippen molar-refractivity contribution < 1.29 is 32.9 Å². The number of carbonyl (C=O) groups is 2. The van der Waals surface area contributed by atoms with Gasteiger partial charge in [-0.2, -0.15) is 0 Å². The van der Waals surface area contributed by atoms with Gasteiger partial charge in [-0.1, -0.05) is 24.4 Å². The second-order valence-corrected chi connectivity index (χ2v) is 10.4. The molecule has 2 aromatic heterocycles. The first kappa shape index (κ1) is 23.1. The number of esters is 1. The van der Waals surface area contributed by atoms with Crippen molar-refractivity contribution >= 4 is 17.7 Å². The van der Waals surface area contributed by atoms with Crippen LogP contribution in [0.5, 0.6) is 0 Å². The molecule has 5 heterocycles. The first-order valence-electron chi connectivity index (χ1n) is 12.4. The standard InChI is InChI=1S/C25H33N3O6/c1-17-13-22(27-34-17)26-23(29)15-28-10-7-18(8-11-28)21(14-28)33-24(30)25(31,20-9-12-32-16-20)19-5-3-2-4-6-19/h9,12-13,16,18-19,21,31H,2-8,10-11,14-15H2,1H3/p+1/t18?,21?,25-,28?/m1/s1. The molecule has 1 aliphatic carbocycles. The summed E-state index contributed by atoms with van der Waals surface area (Å²) in [5.41, 5.74) is -1.23. The summed E-state index contributed by atoms with van der Waals surface area (Å²) in [5, 5.41) is 18.4. The predicted molar refractivity (Wildman–Crippen MR) is 121 cm³/mol. The van der Waals surface area contributed by atoms with E-state index < -0.39 is 11.6 Å². The second-order valence-electron chi connectivity index (χ2n) is 10.4. The Hall–Kier alpha value is -2.65. The Balaban J connectivity index is 1.29. The Kier molecular flexibility index (Phi) is 6.24. The fourth-order valence-electron chi connectivity index (χ4n) is 6.24. The summed E-state index contributed by atoms with van der Waals surface area (Å²) in [4.78, 5) is 26.3. The summed E-state index contributed by atoms with van der Waals surface area (Å²) in [5.74, 6) is 0.401. The molecule has 9 nitrogen and oxygen atoms in total. The summed E-state index contributed by atoms with van der Waals surface area (Å²) in [7, 11) is 0. The number of rotatable bonds is 7. The van der Waals surface area contributed by atoms with Crippen molar-refractivity contribution in [1.82, 2.24) is 5.16 Å². The molecule has 1 unspecified atom stereocenters. The van der Waals surface area contributed by atoms with E-state index in [1.807, 2.05) is 0 Å². The van der Waals surface area contributed by atoms with Crippen LogP contribution in [-0.2, 0) is 19.9 Å². The molecular formula is C25H34N3O6+. The van der Waals surface area contributed by atoms with E-state index in [9.17, 15) is 14.7 Å². The van der Waals surface area contributed by atoms with Crippen molar-refractivity contribution in [1.29, 1.82) is 0 Å². The van der Waals surface area contributed by atoms with Crippen LogP contribution in [0.15, 0.2) is 33.6 Å². The number of fused-ring (bicyclic) bond motifs is 3. The molecule has 1 amide bonds. The van der Waals surface area contributed by atoms with Gasteiger partial charge in [-0.25, -0.2) is 4.79 Å². The molecule has 184 valence electrons. The van der Waals surface area contributed by atoms with Gasteiger partial charge in [0.15, 0.2) is 24.1 Å². The Morgan fingerprint density at radius 3 is 2.65 bits per heavy atom. The third-order valence-electron chi connectivity index (χ3n) is 8.14. The van der Waals surface area contributed by atoms with Gasteiger partial charge in [0.2, 0.25) is 0 Å². The number of aliphatic hydroxyl groups is 1. The summed E-state index contributed by atoms with van der Waals surface area (Å²) in [6, 6.07) is 3.35. The fraction of sp³-hybridized carbons (Fsp3) is 0.640. The van der Waals surface area contributed by atoms with Crippen molar-refractivity contribution in [3.05, 3.63) is 36.0 Å². The van der Waals surface area contributed by atoms with E-state index in [4.69, 9.17) is 13.7 Å². The zero-order chi connectivity index (χ0) is 23.8. The minimum Gasteiger partial charge on any atom is -0.472 e. The molecule has 4 aliphatic rings. The number of piperidine rings is 3. The molecule has 4 fully saturated rings. The minimum absolute atomic E-state index is 0.129. The number of amides is 1. The van der Waals surface area contributed by atoms with Gasteiger partial charge in [0.25, 0.3) is 5.91 Å². The van der Waals surface area contributed by atoms with E-state index in [2.05, 4.69) is 10.5 Å². The van der Waals surface area contributed by atoms with E-state index in [1.54, 1.807) is 19.1 Å². The number of furan rings is 1. The van der Waals surface area contributed by atoms with Gasteiger partial charge in [0.1, 0.15) is 12.3 Å². The smallest absolute Gasteiger partial charge is 0.343 e. The number of ether oxygens (including phenoxy) is 1. The third kappa shape index (κ3) is 4.38. The highest BCUT2D eigenvalue weighted by Gasteiger charge is 2.53. The first-order chi connectivity index (χ1) is 16.4. The molecule has 9 heteroatoms. The molecule has 0 aromatic carbocycles. The third-order valence-corrected chi connectivity index (χ3v) is 8.14. The van der Waals surface area contributed by atoms with Crippen LogP contribution in [0.4, 0.5) is 5.82 Å². The zero-order valence-electron chi connectivity index (χ0n) is 19.7. The molecule has 0 spiro atoms. The maximum absolute atomic E-state index is 13.6. The average molecular weight is 473 g/mol. The maximum atomic E-state index is 13.6. The van der Waals surface area contributed by atoms with Crippen LogP contribution in [0.3, 0.4) is 0 Å². The van der Waals surface area contributed by atoms with Crippen molar-refractivity contribution in [2.75, 3.05) is 31.5 Å². The quantitative estimate of drug-likeness (QED) is 0.470. The number of quaternary nitrogens is 1. The molecule has 6 rings (SSSR count). The van der Waals surface area contributed by atoms with Crippen LogP contribution >= 0.6 is 0 Å². The SMILES string of the molecule is Cc1cc(NC(=O)C[N+]23CCC(CC2)C(OC(=O)[C@](O)(c2ccoc2)C2CCCCC2)C3)no1. The van der Waals surface area contributed by atoms with E-state index >= 15 is 0 Å². The van der Waals surface area contributed by atoms with Crippen molar-refractivity contribution in [2.24, 2.45) is 11.8 Å². The average Bonchev–Trinajstić information content (AvgIpc) is 3.52. The van der Waals surface area contributed by atoms with Gasteiger partial charge in [-0.3, -0.25) is 4.79 Å².